The zero-order chi connectivity index (χ0) is 17.3. The molecule has 6 heteroatoms. The van der Waals surface area contributed by atoms with Gasteiger partial charge in [-0.05, 0) is 43.7 Å². The van der Waals surface area contributed by atoms with Crippen LogP contribution in [-0.2, 0) is 6.61 Å². The molecule has 0 bridgehead atoms. The van der Waals surface area contributed by atoms with E-state index < -0.39 is 4.92 Å². The lowest BCUT2D eigenvalue weighted by molar-refractivity contribution is -0.385. The topological polar surface area (TPSA) is 65.3 Å². The molecule has 0 unspecified atom stereocenters. The van der Waals surface area contributed by atoms with Crippen LogP contribution >= 0.6 is 11.6 Å². The van der Waals surface area contributed by atoms with E-state index in [1.807, 2.05) is 31.2 Å². The average Bonchev–Trinajstić information content (AvgIpc) is 2.52. The summed E-state index contributed by atoms with van der Waals surface area (Å²) in [6.07, 6.45) is 0. The number of aryl methyl sites for hydroxylation is 2. The number of fused-ring (bicyclic) bond motifs is 1. The van der Waals surface area contributed by atoms with Crippen LogP contribution in [-0.4, -0.2) is 9.91 Å². The van der Waals surface area contributed by atoms with Crippen LogP contribution in [0.5, 0.6) is 5.75 Å². The fourth-order valence-electron chi connectivity index (χ4n) is 2.48. The highest BCUT2D eigenvalue weighted by Crippen LogP contribution is 2.26. The number of nitrogens with zero attached hydrogens (tertiary/aromatic N) is 2. The number of nitro benzene ring substituents is 1. The molecule has 0 spiro atoms. The van der Waals surface area contributed by atoms with Gasteiger partial charge in [-0.25, -0.2) is 4.98 Å². The number of pyridine rings is 1. The molecule has 122 valence electrons. The van der Waals surface area contributed by atoms with Crippen LogP contribution in [0.25, 0.3) is 10.9 Å². The summed E-state index contributed by atoms with van der Waals surface area (Å²) in [5, 5.41) is 12.2. The van der Waals surface area contributed by atoms with E-state index in [1.54, 1.807) is 19.1 Å². The van der Waals surface area contributed by atoms with Gasteiger partial charge in [0.2, 0.25) is 0 Å². The van der Waals surface area contributed by atoms with E-state index in [9.17, 15) is 10.1 Å². The largest absolute Gasteiger partial charge is 0.489 e. The smallest absolute Gasteiger partial charge is 0.272 e. The van der Waals surface area contributed by atoms with E-state index >= 15 is 0 Å². The second-order valence-corrected chi connectivity index (χ2v) is 5.99. The molecule has 0 atom stereocenters. The number of rotatable bonds is 4. The zero-order valence-corrected chi connectivity index (χ0v) is 14.0. The van der Waals surface area contributed by atoms with Gasteiger partial charge in [0.1, 0.15) is 17.5 Å². The van der Waals surface area contributed by atoms with E-state index in [-0.39, 0.29) is 12.3 Å². The highest BCUT2D eigenvalue weighted by atomic mass is 35.5. The Kier molecular flexibility index (Phi) is 4.36. The molecule has 0 aliphatic rings. The molecule has 0 saturated heterocycles. The van der Waals surface area contributed by atoms with Crippen molar-refractivity contribution in [3.05, 3.63) is 74.4 Å². The molecule has 3 rings (SSSR count). The standard InChI is InChI=1S/C18H15ClN2O3/c1-11-3-4-13-9-14(18(19)20-16(13)7-11)10-24-15-5-6-17(21(22)23)12(2)8-15/h3-9H,10H2,1-2H3. The Morgan fingerprint density at radius 3 is 2.67 bits per heavy atom. The summed E-state index contributed by atoms with van der Waals surface area (Å²) >= 11 is 6.24. The lowest BCUT2D eigenvalue weighted by Crippen LogP contribution is -1.99. The first-order valence-corrected chi connectivity index (χ1v) is 7.75. The van der Waals surface area contributed by atoms with Crippen molar-refractivity contribution in [2.45, 2.75) is 20.5 Å². The van der Waals surface area contributed by atoms with Gasteiger partial charge in [0.15, 0.2) is 0 Å². The second-order valence-electron chi connectivity index (χ2n) is 5.63. The van der Waals surface area contributed by atoms with Crippen LogP contribution < -0.4 is 4.74 Å². The molecule has 5 nitrogen and oxygen atoms in total. The first-order valence-electron chi connectivity index (χ1n) is 7.37. The molecule has 0 fully saturated rings. The van der Waals surface area contributed by atoms with Crippen LogP contribution in [0.2, 0.25) is 5.15 Å². The maximum Gasteiger partial charge on any atom is 0.272 e. The van der Waals surface area contributed by atoms with Crippen molar-refractivity contribution < 1.29 is 9.66 Å². The Morgan fingerprint density at radius 1 is 1.17 bits per heavy atom. The van der Waals surface area contributed by atoms with E-state index in [1.165, 1.54) is 6.07 Å². The third-order valence-electron chi connectivity index (χ3n) is 3.76. The van der Waals surface area contributed by atoms with Crippen molar-refractivity contribution in [1.82, 2.24) is 4.98 Å². The number of halogens is 1. The average molecular weight is 343 g/mol. The van der Waals surface area contributed by atoms with Gasteiger partial charge in [-0.15, -0.1) is 0 Å². The summed E-state index contributed by atoms with van der Waals surface area (Å²) < 4.78 is 5.71. The number of aromatic nitrogens is 1. The number of hydrogen-bond acceptors (Lipinski definition) is 4. The van der Waals surface area contributed by atoms with Crippen molar-refractivity contribution >= 4 is 28.2 Å². The summed E-state index contributed by atoms with van der Waals surface area (Å²) in [5.41, 5.74) is 3.36. The lowest BCUT2D eigenvalue weighted by Gasteiger charge is -2.10. The Morgan fingerprint density at radius 2 is 1.96 bits per heavy atom. The third-order valence-corrected chi connectivity index (χ3v) is 4.09. The quantitative estimate of drug-likeness (QED) is 0.380. The van der Waals surface area contributed by atoms with Crippen molar-refractivity contribution in [2.75, 3.05) is 0 Å². The first kappa shape index (κ1) is 16.2. The molecule has 0 saturated carbocycles. The Hall–Kier alpha value is -2.66. The van der Waals surface area contributed by atoms with Gasteiger partial charge in [-0.2, -0.15) is 0 Å². The third kappa shape index (κ3) is 3.31. The van der Waals surface area contributed by atoms with Gasteiger partial charge in [0.05, 0.1) is 10.4 Å². The number of benzene rings is 2. The Labute approximate surface area is 144 Å². The maximum atomic E-state index is 10.8. The van der Waals surface area contributed by atoms with Crippen LogP contribution in [0.1, 0.15) is 16.7 Å². The summed E-state index contributed by atoms with van der Waals surface area (Å²) in [4.78, 5) is 14.8. The second kappa shape index (κ2) is 6.45. The number of nitro groups is 1. The van der Waals surface area contributed by atoms with Gasteiger partial charge < -0.3 is 4.74 Å². The molecule has 1 heterocycles. The molecule has 0 N–H and O–H groups in total. The molecule has 0 aliphatic carbocycles. The van der Waals surface area contributed by atoms with Crippen LogP contribution in [0.15, 0.2) is 42.5 Å². The van der Waals surface area contributed by atoms with E-state index in [0.717, 1.165) is 22.0 Å². The molecule has 24 heavy (non-hydrogen) atoms. The lowest BCUT2D eigenvalue weighted by atomic mass is 10.1. The van der Waals surface area contributed by atoms with Crippen LogP contribution in [0.4, 0.5) is 5.69 Å². The Bertz CT molecular complexity index is 941. The molecule has 0 amide bonds. The fraction of sp³-hybridized carbons (Fsp3) is 0.167. The monoisotopic (exact) mass is 342 g/mol. The minimum atomic E-state index is -0.411. The van der Waals surface area contributed by atoms with Crippen molar-refractivity contribution in [2.24, 2.45) is 0 Å². The first-order chi connectivity index (χ1) is 11.4. The van der Waals surface area contributed by atoms with Crippen LogP contribution in [0.3, 0.4) is 0 Å². The molecule has 0 radical (unpaired) electrons. The normalized spacial score (nSPS) is 10.8. The molecule has 3 aromatic rings. The predicted molar refractivity (Wildman–Crippen MR) is 93.7 cm³/mol. The summed E-state index contributed by atoms with van der Waals surface area (Å²) in [5.74, 6) is 0.554. The molecule has 1 aromatic heterocycles. The molecule has 2 aromatic carbocycles. The summed E-state index contributed by atoms with van der Waals surface area (Å²) in [6, 6.07) is 12.6. The zero-order valence-electron chi connectivity index (χ0n) is 13.2. The van der Waals surface area contributed by atoms with Crippen molar-refractivity contribution in [1.29, 1.82) is 0 Å². The Balaban J connectivity index is 1.83. The molecular formula is C18H15ClN2O3. The van der Waals surface area contributed by atoms with Crippen molar-refractivity contribution in [3.63, 3.8) is 0 Å². The number of hydrogen-bond donors (Lipinski definition) is 0. The van der Waals surface area contributed by atoms with E-state index in [4.69, 9.17) is 16.3 Å². The molecule has 0 aliphatic heterocycles. The van der Waals surface area contributed by atoms with Gasteiger partial charge >= 0.3 is 0 Å². The summed E-state index contributed by atoms with van der Waals surface area (Å²) in [6.45, 7) is 3.92. The summed E-state index contributed by atoms with van der Waals surface area (Å²) in [7, 11) is 0. The fourth-order valence-corrected chi connectivity index (χ4v) is 2.68. The van der Waals surface area contributed by atoms with Gasteiger partial charge in [-0.1, -0.05) is 23.7 Å². The highest BCUT2D eigenvalue weighted by Gasteiger charge is 2.11. The molecular weight excluding hydrogens is 328 g/mol. The maximum absolute atomic E-state index is 10.8. The van der Waals surface area contributed by atoms with E-state index in [2.05, 4.69) is 4.98 Å². The van der Waals surface area contributed by atoms with Gasteiger partial charge in [0, 0.05) is 22.6 Å². The SMILES string of the molecule is Cc1ccc2cc(COc3ccc([N+](=O)[O-])c(C)c3)c(Cl)nc2c1. The minimum Gasteiger partial charge on any atom is -0.489 e. The van der Waals surface area contributed by atoms with Crippen LogP contribution in [0, 0.1) is 24.0 Å². The van der Waals surface area contributed by atoms with Gasteiger partial charge in [0.25, 0.3) is 5.69 Å². The minimum absolute atomic E-state index is 0.0723. The highest BCUT2D eigenvalue weighted by molar-refractivity contribution is 6.30. The predicted octanol–water partition coefficient (Wildman–Crippen LogP) is 4.99. The van der Waals surface area contributed by atoms with Gasteiger partial charge in [-0.3, -0.25) is 10.1 Å². The van der Waals surface area contributed by atoms with Crippen molar-refractivity contribution in [3.8, 4) is 5.75 Å². The number of ether oxygens (including phenoxy) is 1. The van der Waals surface area contributed by atoms with E-state index in [0.29, 0.717) is 16.5 Å².